The van der Waals surface area contributed by atoms with Gasteiger partial charge in [0.2, 0.25) is 5.91 Å². The number of amides is 2. The van der Waals surface area contributed by atoms with E-state index in [2.05, 4.69) is 21.7 Å². The molecule has 1 aromatic heterocycles. The second kappa shape index (κ2) is 9.40. The number of thiazole rings is 1. The molecule has 1 aliphatic rings. The lowest BCUT2D eigenvalue weighted by atomic mass is 9.79. The molecular weight excluding hydrogens is 440 g/mol. The number of aromatic nitrogens is 1. The van der Waals surface area contributed by atoms with Gasteiger partial charge in [-0.25, -0.2) is 4.98 Å². The molecule has 0 fully saturated rings. The van der Waals surface area contributed by atoms with Crippen molar-refractivity contribution in [2.75, 3.05) is 25.6 Å². The number of nitrogens with zero attached hydrogens (tertiary/aromatic N) is 2. The van der Waals surface area contributed by atoms with Crippen molar-refractivity contribution in [2.24, 2.45) is 0 Å². The number of nitriles is 1. The van der Waals surface area contributed by atoms with Gasteiger partial charge in [0.15, 0.2) is 5.13 Å². The third-order valence-corrected chi connectivity index (χ3v) is 6.14. The van der Waals surface area contributed by atoms with Crippen LogP contribution in [0.4, 0.5) is 5.13 Å². The number of rotatable bonds is 6. The summed E-state index contributed by atoms with van der Waals surface area (Å²) in [5.41, 5.74) is 2.83. The average molecular weight is 463 g/mol. The van der Waals surface area contributed by atoms with E-state index in [1.807, 2.05) is 29.6 Å². The predicted octanol–water partition coefficient (Wildman–Crippen LogP) is 3.50. The van der Waals surface area contributed by atoms with Gasteiger partial charge in [-0.1, -0.05) is 18.2 Å². The Morgan fingerprint density at radius 2 is 2.15 bits per heavy atom. The molecule has 3 aromatic rings. The van der Waals surface area contributed by atoms with Gasteiger partial charge in [-0.3, -0.25) is 9.59 Å². The number of hydrogen-bond donors (Lipinski definition) is 2. The van der Waals surface area contributed by atoms with Crippen molar-refractivity contribution >= 4 is 28.3 Å². The molecule has 2 amide bonds. The second-order valence-electron chi connectivity index (χ2n) is 7.81. The van der Waals surface area contributed by atoms with Crippen molar-refractivity contribution in [3.63, 3.8) is 0 Å². The fourth-order valence-electron chi connectivity index (χ4n) is 3.56. The van der Waals surface area contributed by atoms with E-state index in [1.54, 1.807) is 32.2 Å². The van der Waals surface area contributed by atoms with Gasteiger partial charge in [-0.05, 0) is 42.3 Å². The maximum Gasteiger partial charge on any atom is 0.251 e. The molecule has 2 heterocycles. The van der Waals surface area contributed by atoms with Crippen molar-refractivity contribution in [2.45, 2.75) is 18.9 Å². The Kier molecular flexibility index (Phi) is 6.40. The van der Waals surface area contributed by atoms with Gasteiger partial charge in [0.05, 0.1) is 38.6 Å². The van der Waals surface area contributed by atoms with Crippen LogP contribution in [0.15, 0.2) is 47.8 Å². The fraction of sp³-hybridized carbons (Fsp3) is 0.250. The summed E-state index contributed by atoms with van der Waals surface area (Å²) in [6.07, 6.45) is 0. The molecule has 0 bridgehead atoms. The molecule has 0 aliphatic carbocycles. The molecule has 0 radical (unpaired) electrons. The van der Waals surface area contributed by atoms with Crippen LogP contribution < -0.4 is 15.4 Å². The lowest BCUT2D eigenvalue weighted by Gasteiger charge is -2.30. The number of nitrogens with one attached hydrogen (secondary N) is 2. The average Bonchev–Trinajstić information content (AvgIpc) is 3.31. The van der Waals surface area contributed by atoms with Crippen molar-refractivity contribution in [1.29, 1.82) is 5.26 Å². The zero-order valence-electron chi connectivity index (χ0n) is 18.2. The lowest BCUT2D eigenvalue weighted by molar-refractivity contribution is -0.115. The van der Waals surface area contributed by atoms with Crippen molar-refractivity contribution in [3.05, 3.63) is 64.5 Å². The third-order valence-electron chi connectivity index (χ3n) is 5.39. The summed E-state index contributed by atoms with van der Waals surface area (Å²) < 4.78 is 10.7. The third kappa shape index (κ3) is 4.87. The number of carbonyl (C=O) groups is 2. The maximum atomic E-state index is 12.6. The Morgan fingerprint density at radius 1 is 1.30 bits per heavy atom. The minimum absolute atomic E-state index is 0.206. The van der Waals surface area contributed by atoms with E-state index in [1.165, 1.54) is 11.3 Å². The zero-order chi connectivity index (χ0) is 23.4. The van der Waals surface area contributed by atoms with Crippen LogP contribution in [0, 0.1) is 11.3 Å². The Balaban J connectivity index is 1.37. The predicted molar refractivity (Wildman–Crippen MR) is 124 cm³/mol. The maximum absolute atomic E-state index is 12.6. The Bertz CT molecular complexity index is 1250. The van der Waals surface area contributed by atoms with Crippen molar-refractivity contribution < 1.29 is 19.1 Å². The summed E-state index contributed by atoms with van der Waals surface area (Å²) in [4.78, 5) is 29.4. The van der Waals surface area contributed by atoms with Crippen LogP contribution in [0.2, 0.25) is 0 Å². The lowest BCUT2D eigenvalue weighted by Crippen LogP contribution is -2.34. The summed E-state index contributed by atoms with van der Waals surface area (Å²) in [7, 11) is 1.60. The number of benzene rings is 2. The smallest absolute Gasteiger partial charge is 0.251 e. The molecule has 0 saturated heterocycles. The van der Waals surface area contributed by atoms with E-state index in [-0.39, 0.29) is 19.1 Å². The Hall–Kier alpha value is -3.74. The summed E-state index contributed by atoms with van der Waals surface area (Å²) in [6.45, 7) is 2.26. The molecule has 0 spiro atoms. The molecule has 4 rings (SSSR count). The highest BCUT2D eigenvalue weighted by Crippen LogP contribution is 2.32. The summed E-state index contributed by atoms with van der Waals surface area (Å²) in [5, 5.41) is 17.1. The first kappa shape index (κ1) is 22.5. The molecule has 1 atom stereocenters. The highest BCUT2D eigenvalue weighted by atomic mass is 32.1. The zero-order valence-corrected chi connectivity index (χ0v) is 19.0. The molecule has 168 valence electrons. The van der Waals surface area contributed by atoms with Crippen LogP contribution >= 0.6 is 11.3 Å². The number of methoxy groups -OCH3 is 1. The normalized spacial score (nSPS) is 16.9. The van der Waals surface area contributed by atoms with Crippen molar-refractivity contribution in [3.8, 4) is 23.1 Å². The van der Waals surface area contributed by atoms with Gasteiger partial charge in [0.25, 0.3) is 5.91 Å². The minimum atomic E-state index is -0.813. The first-order chi connectivity index (χ1) is 15.9. The number of hydrogen-bond acceptors (Lipinski definition) is 7. The molecule has 9 heteroatoms. The van der Waals surface area contributed by atoms with Crippen LogP contribution in [0.1, 0.15) is 28.4 Å². The molecule has 0 saturated carbocycles. The number of ether oxygens (including phenoxy) is 2. The Labute approximate surface area is 195 Å². The van der Waals surface area contributed by atoms with E-state index in [4.69, 9.17) is 9.47 Å². The number of carbonyl (C=O) groups excluding carboxylic acids is 2. The highest BCUT2D eigenvalue weighted by Gasteiger charge is 2.33. The Morgan fingerprint density at radius 3 is 2.94 bits per heavy atom. The minimum Gasteiger partial charge on any atom is -0.497 e. The molecule has 2 aromatic carbocycles. The van der Waals surface area contributed by atoms with Gasteiger partial charge in [-0.2, -0.15) is 5.26 Å². The number of anilines is 1. The van der Waals surface area contributed by atoms with E-state index in [0.717, 1.165) is 28.1 Å². The summed E-state index contributed by atoms with van der Waals surface area (Å²) >= 11 is 1.30. The van der Waals surface area contributed by atoms with Gasteiger partial charge in [0, 0.05) is 16.5 Å². The highest BCUT2D eigenvalue weighted by molar-refractivity contribution is 7.14. The van der Waals surface area contributed by atoms with Gasteiger partial charge < -0.3 is 20.1 Å². The molecule has 33 heavy (non-hydrogen) atoms. The largest absolute Gasteiger partial charge is 0.497 e. The van der Waals surface area contributed by atoms with E-state index in [0.29, 0.717) is 17.3 Å². The quantitative estimate of drug-likeness (QED) is 0.580. The first-order valence-electron chi connectivity index (χ1n) is 10.2. The fourth-order valence-corrected chi connectivity index (χ4v) is 4.30. The monoisotopic (exact) mass is 462 g/mol. The molecular formula is C24H22N4O4S. The van der Waals surface area contributed by atoms with E-state index in [9.17, 15) is 14.9 Å². The van der Waals surface area contributed by atoms with Crippen LogP contribution in [-0.4, -0.2) is 37.1 Å². The number of fused-ring (bicyclic) bond motifs is 1. The summed E-state index contributed by atoms with van der Waals surface area (Å²) in [5.74, 6) is -0.0577. The summed E-state index contributed by atoms with van der Waals surface area (Å²) in [6, 6.07) is 14.9. The topological polar surface area (TPSA) is 113 Å². The SMILES string of the molecule is COc1cccc(-c2csc(NC(=O)CNC(=O)c3ccc4c(c3)[C@](C)(C#N)COC4)n2)c1. The van der Waals surface area contributed by atoms with E-state index < -0.39 is 11.3 Å². The first-order valence-corrected chi connectivity index (χ1v) is 11.1. The molecule has 0 unspecified atom stereocenters. The molecule has 2 N–H and O–H groups in total. The van der Waals surface area contributed by atoms with E-state index >= 15 is 0 Å². The second-order valence-corrected chi connectivity index (χ2v) is 8.67. The standard InChI is InChI=1S/C24H22N4O4S/c1-24(13-25)14-32-11-17-7-6-16(9-19(17)24)22(30)26-10-21(29)28-23-27-20(12-33-23)15-4-3-5-18(8-15)31-2/h3-9,12H,10-11,14H2,1-2H3,(H,26,30)(H,27,28,29)/t24-/m1/s1. The van der Waals surface area contributed by atoms with Crippen LogP contribution in [0.3, 0.4) is 0 Å². The van der Waals surface area contributed by atoms with Gasteiger partial charge >= 0.3 is 0 Å². The molecule has 8 nitrogen and oxygen atoms in total. The van der Waals surface area contributed by atoms with Crippen LogP contribution in [-0.2, 0) is 21.6 Å². The van der Waals surface area contributed by atoms with Crippen LogP contribution in [0.5, 0.6) is 5.75 Å². The van der Waals surface area contributed by atoms with Gasteiger partial charge in [0.1, 0.15) is 11.2 Å². The van der Waals surface area contributed by atoms with Gasteiger partial charge in [-0.15, -0.1) is 11.3 Å². The van der Waals surface area contributed by atoms with Crippen LogP contribution in [0.25, 0.3) is 11.3 Å². The molecule has 1 aliphatic heterocycles. The van der Waals surface area contributed by atoms with Crippen molar-refractivity contribution in [1.82, 2.24) is 10.3 Å².